The molecule has 0 radical (unpaired) electrons. The van der Waals surface area contributed by atoms with Crippen LogP contribution in [0, 0.1) is 4.77 Å². The summed E-state index contributed by atoms with van der Waals surface area (Å²) >= 11 is 5.02. The Morgan fingerprint density at radius 1 is 1.14 bits per heavy atom. The highest BCUT2D eigenvalue weighted by Crippen LogP contribution is 2.31. The number of aromatic nitrogens is 2. The standard InChI is InChI=1S/C12H7F5N2S2/c13-10(14)21-7-3-1-6(2-4-7)8-5-9(12(15,16)17)19-11(20)18-8/h1-5,10H,(H,18,19,20). The molecule has 9 heteroatoms. The third kappa shape index (κ3) is 4.24. The largest absolute Gasteiger partial charge is 0.431 e. The summed E-state index contributed by atoms with van der Waals surface area (Å²) < 4.78 is 62.1. The zero-order valence-corrected chi connectivity index (χ0v) is 11.8. The Labute approximate surface area is 125 Å². The van der Waals surface area contributed by atoms with Crippen molar-refractivity contribution in [1.29, 1.82) is 0 Å². The Bertz CT molecular complexity index is 679. The van der Waals surface area contributed by atoms with Gasteiger partial charge in [0.15, 0.2) is 4.77 Å². The van der Waals surface area contributed by atoms with Crippen molar-refractivity contribution in [2.24, 2.45) is 0 Å². The molecule has 0 amide bonds. The van der Waals surface area contributed by atoms with Crippen LogP contribution in [0.4, 0.5) is 22.0 Å². The second-order valence-electron chi connectivity index (χ2n) is 3.89. The lowest BCUT2D eigenvalue weighted by molar-refractivity contribution is -0.141. The molecule has 1 aromatic heterocycles. The molecule has 0 aliphatic carbocycles. The lowest BCUT2D eigenvalue weighted by atomic mass is 10.1. The summed E-state index contributed by atoms with van der Waals surface area (Å²) in [6.45, 7) is 0. The van der Waals surface area contributed by atoms with Crippen molar-refractivity contribution in [3.8, 4) is 11.3 Å². The quantitative estimate of drug-likeness (QED) is 0.477. The van der Waals surface area contributed by atoms with Crippen LogP contribution in [-0.2, 0) is 6.18 Å². The van der Waals surface area contributed by atoms with Crippen molar-refractivity contribution in [1.82, 2.24) is 9.97 Å². The Morgan fingerprint density at radius 2 is 1.76 bits per heavy atom. The number of halogens is 5. The topological polar surface area (TPSA) is 28.7 Å². The first-order valence-electron chi connectivity index (χ1n) is 5.49. The summed E-state index contributed by atoms with van der Waals surface area (Å²) in [6.07, 6.45) is -4.57. The van der Waals surface area contributed by atoms with Crippen LogP contribution in [0.3, 0.4) is 0 Å². The Kier molecular flexibility index (Phi) is 4.62. The average Bonchev–Trinajstić information content (AvgIpc) is 2.37. The highest BCUT2D eigenvalue weighted by atomic mass is 32.2. The number of thioether (sulfide) groups is 1. The number of hydrogen-bond acceptors (Lipinski definition) is 3. The molecule has 0 bridgehead atoms. The van der Waals surface area contributed by atoms with Gasteiger partial charge in [0.1, 0.15) is 5.69 Å². The smallest absolute Gasteiger partial charge is 0.327 e. The first-order chi connectivity index (χ1) is 9.75. The van der Waals surface area contributed by atoms with Crippen LogP contribution in [0.15, 0.2) is 35.2 Å². The van der Waals surface area contributed by atoms with Gasteiger partial charge in [-0.15, -0.1) is 0 Å². The third-order valence-corrected chi connectivity index (χ3v) is 3.34. The minimum absolute atomic E-state index is 0.0275. The molecule has 0 fully saturated rings. The molecule has 21 heavy (non-hydrogen) atoms. The summed E-state index contributed by atoms with van der Waals surface area (Å²) in [5, 5.41) is 0. The second kappa shape index (κ2) is 6.10. The average molecular weight is 338 g/mol. The van der Waals surface area contributed by atoms with Crippen molar-refractivity contribution in [2.75, 3.05) is 0 Å². The maximum absolute atomic E-state index is 12.7. The van der Waals surface area contributed by atoms with Gasteiger partial charge in [0.25, 0.3) is 5.76 Å². The fraction of sp³-hybridized carbons (Fsp3) is 0.167. The van der Waals surface area contributed by atoms with E-state index in [9.17, 15) is 22.0 Å². The number of alkyl halides is 5. The number of aromatic amines is 1. The molecule has 1 heterocycles. The summed E-state index contributed by atoms with van der Waals surface area (Å²) in [5.41, 5.74) is -0.623. The highest BCUT2D eigenvalue weighted by molar-refractivity contribution is 7.99. The molecule has 112 valence electrons. The van der Waals surface area contributed by atoms with Gasteiger partial charge in [0, 0.05) is 10.5 Å². The first-order valence-corrected chi connectivity index (χ1v) is 6.78. The molecular formula is C12H7F5N2S2. The van der Waals surface area contributed by atoms with E-state index in [0.29, 0.717) is 22.2 Å². The van der Waals surface area contributed by atoms with E-state index in [1.54, 1.807) is 0 Å². The van der Waals surface area contributed by atoms with E-state index < -0.39 is 17.6 Å². The third-order valence-electron chi connectivity index (χ3n) is 2.43. The molecule has 2 rings (SSSR count). The van der Waals surface area contributed by atoms with Gasteiger partial charge in [-0.2, -0.15) is 22.0 Å². The van der Waals surface area contributed by atoms with E-state index >= 15 is 0 Å². The molecule has 2 nitrogen and oxygen atoms in total. The Balaban J connectivity index is 2.38. The highest BCUT2D eigenvalue weighted by Gasteiger charge is 2.32. The van der Waals surface area contributed by atoms with Crippen LogP contribution in [0.2, 0.25) is 0 Å². The van der Waals surface area contributed by atoms with E-state index in [1.807, 2.05) is 4.98 Å². The van der Waals surface area contributed by atoms with Crippen LogP contribution in [0.25, 0.3) is 11.3 Å². The van der Waals surface area contributed by atoms with Gasteiger partial charge in [-0.05, 0) is 30.4 Å². The SMILES string of the molecule is FC(F)Sc1ccc(-c2cc(C(F)(F)F)[nH]c(=S)n2)cc1. The molecule has 0 aliphatic rings. The van der Waals surface area contributed by atoms with E-state index in [4.69, 9.17) is 0 Å². The lowest BCUT2D eigenvalue weighted by Gasteiger charge is -2.09. The van der Waals surface area contributed by atoms with Crippen LogP contribution < -0.4 is 0 Å². The van der Waals surface area contributed by atoms with Gasteiger partial charge < -0.3 is 4.98 Å². The van der Waals surface area contributed by atoms with Crippen LogP contribution in [0.1, 0.15) is 5.69 Å². The Morgan fingerprint density at radius 3 is 2.29 bits per heavy atom. The monoisotopic (exact) mass is 338 g/mol. The minimum Gasteiger partial charge on any atom is -0.327 e. The van der Waals surface area contributed by atoms with Gasteiger partial charge in [0.05, 0.1) is 5.69 Å². The molecule has 0 saturated carbocycles. The van der Waals surface area contributed by atoms with Crippen LogP contribution in [-0.4, -0.2) is 15.7 Å². The fourth-order valence-corrected chi connectivity index (χ4v) is 2.27. The van der Waals surface area contributed by atoms with Crippen molar-refractivity contribution in [3.05, 3.63) is 40.8 Å². The predicted octanol–water partition coefficient (Wildman–Crippen LogP) is 5.14. The van der Waals surface area contributed by atoms with Gasteiger partial charge in [0.2, 0.25) is 0 Å². The Hall–Kier alpha value is -1.48. The van der Waals surface area contributed by atoms with Crippen molar-refractivity contribution >= 4 is 24.0 Å². The minimum atomic E-state index is -4.57. The summed E-state index contributed by atoms with van der Waals surface area (Å²) in [6, 6.07) is 6.44. The molecule has 1 N–H and O–H groups in total. The molecule has 0 unspecified atom stereocenters. The number of nitrogens with zero attached hydrogens (tertiary/aromatic N) is 1. The van der Waals surface area contributed by atoms with Crippen LogP contribution in [0.5, 0.6) is 0 Å². The summed E-state index contributed by atoms with van der Waals surface area (Å²) in [5.74, 6) is -2.56. The molecule has 2 aromatic rings. The maximum Gasteiger partial charge on any atom is 0.431 e. The number of H-pyrrole nitrogens is 1. The summed E-state index contributed by atoms with van der Waals surface area (Å²) in [4.78, 5) is 6.09. The number of nitrogens with one attached hydrogen (secondary N) is 1. The lowest BCUT2D eigenvalue weighted by Crippen LogP contribution is -2.09. The van der Waals surface area contributed by atoms with E-state index in [2.05, 4.69) is 17.2 Å². The molecule has 1 aromatic carbocycles. The molecule has 0 saturated heterocycles. The first kappa shape index (κ1) is 15.9. The van der Waals surface area contributed by atoms with Gasteiger partial charge in [-0.25, -0.2) is 4.98 Å². The van der Waals surface area contributed by atoms with E-state index in [-0.39, 0.29) is 10.5 Å². The maximum atomic E-state index is 12.7. The van der Waals surface area contributed by atoms with Crippen LogP contribution >= 0.6 is 24.0 Å². The number of rotatable bonds is 3. The van der Waals surface area contributed by atoms with Crippen molar-refractivity contribution in [2.45, 2.75) is 16.8 Å². The number of benzene rings is 1. The normalized spacial score (nSPS) is 11.9. The van der Waals surface area contributed by atoms with E-state index in [1.165, 1.54) is 24.3 Å². The fourth-order valence-electron chi connectivity index (χ4n) is 1.57. The van der Waals surface area contributed by atoms with E-state index in [0.717, 1.165) is 6.07 Å². The predicted molar refractivity (Wildman–Crippen MR) is 71.7 cm³/mol. The zero-order chi connectivity index (χ0) is 15.6. The second-order valence-corrected chi connectivity index (χ2v) is 5.34. The van der Waals surface area contributed by atoms with Crippen molar-refractivity contribution < 1.29 is 22.0 Å². The molecule has 0 aliphatic heterocycles. The molecular weight excluding hydrogens is 331 g/mol. The summed E-state index contributed by atoms with van der Waals surface area (Å²) in [7, 11) is 0. The zero-order valence-electron chi connectivity index (χ0n) is 10.1. The van der Waals surface area contributed by atoms with Gasteiger partial charge >= 0.3 is 6.18 Å². The van der Waals surface area contributed by atoms with Gasteiger partial charge in [-0.1, -0.05) is 23.9 Å². The molecule has 0 atom stereocenters. The number of hydrogen-bond donors (Lipinski definition) is 1. The molecule has 0 spiro atoms. The van der Waals surface area contributed by atoms with Gasteiger partial charge in [-0.3, -0.25) is 0 Å². The van der Waals surface area contributed by atoms with Crippen molar-refractivity contribution in [3.63, 3.8) is 0 Å².